The molecule has 36 heavy (non-hydrogen) atoms. The number of nitrogens with zero attached hydrogens (tertiary/aromatic N) is 1. The van der Waals surface area contributed by atoms with E-state index in [1.54, 1.807) is 42.5 Å². The molecule has 0 unspecified atom stereocenters. The van der Waals surface area contributed by atoms with Gasteiger partial charge in [0.25, 0.3) is 5.91 Å². The molecule has 186 valence electrons. The number of carbonyl (C=O) groups excluding carboxylic acids is 2. The van der Waals surface area contributed by atoms with Crippen LogP contribution in [0.4, 0.5) is 8.78 Å². The average molecular weight is 491 g/mol. The highest BCUT2D eigenvalue weighted by Gasteiger charge is 2.29. The Morgan fingerprint density at radius 1 is 0.972 bits per heavy atom. The maximum absolute atomic E-state index is 14.2. The zero-order valence-electron chi connectivity index (χ0n) is 20.3. The minimum absolute atomic E-state index is 0.00183. The lowest BCUT2D eigenvalue weighted by Crippen LogP contribution is -2.37. The van der Waals surface area contributed by atoms with Crippen molar-refractivity contribution in [3.05, 3.63) is 83.1 Å². The predicted octanol–water partition coefficient (Wildman–Crippen LogP) is 6.01. The molecule has 0 spiro atoms. The summed E-state index contributed by atoms with van der Waals surface area (Å²) < 4.78 is 35.1. The Bertz CT molecular complexity index is 1470. The molecule has 4 aromatic rings. The van der Waals surface area contributed by atoms with E-state index in [0.29, 0.717) is 16.3 Å². The first-order chi connectivity index (χ1) is 17.4. The molecule has 1 heterocycles. The molecule has 1 N–H and O–H groups in total. The minimum Gasteiger partial charge on any atom is -0.468 e. The van der Waals surface area contributed by atoms with Crippen molar-refractivity contribution in [2.75, 3.05) is 7.11 Å². The van der Waals surface area contributed by atoms with Gasteiger partial charge in [-0.25, -0.2) is 8.78 Å². The van der Waals surface area contributed by atoms with Crippen LogP contribution in [0.5, 0.6) is 0 Å². The monoisotopic (exact) mass is 490 g/mol. The van der Waals surface area contributed by atoms with Gasteiger partial charge in [-0.05, 0) is 79.8 Å². The summed E-state index contributed by atoms with van der Waals surface area (Å²) in [5.74, 6) is -1.03. The number of methoxy groups -OCH3 is 1. The summed E-state index contributed by atoms with van der Waals surface area (Å²) in [4.78, 5) is 25.1. The van der Waals surface area contributed by atoms with Gasteiger partial charge in [0.15, 0.2) is 0 Å². The topological polar surface area (TPSA) is 60.3 Å². The standard InChI is InChI=1S/C29H28F2N2O3/c1-17-28(24-15-19(30)11-14-26(24)33(17)16-27(34)36-2)18-9-12-20(13-10-18)32-29(35)23-7-3-6-22-21(23)5-4-8-25(22)31/h3-8,11,14-15,18,20H,9-10,12-13,16H2,1-2H3,(H,32,35). The number of hydrogen-bond donors (Lipinski definition) is 1. The van der Waals surface area contributed by atoms with Gasteiger partial charge in [0.1, 0.15) is 18.2 Å². The Balaban J connectivity index is 1.35. The van der Waals surface area contributed by atoms with E-state index in [1.165, 1.54) is 19.2 Å². The van der Waals surface area contributed by atoms with E-state index in [2.05, 4.69) is 5.32 Å². The molecule has 1 fully saturated rings. The minimum atomic E-state index is -0.356. The first kappa shape index (κ1) is 24.0. The maximum atomic E-state index is 14.2. The van der Waals surface area contributed by atoms with Gasteiger partial charge in [0.2, 0.25) is 0 Å². The van der Waals surface area contributed by atoms with Crippen LogP contribution in [-0.2, 0) is 16.1 Å². The number of halogens is 2. The van der Waals surface area contributed by atoms with E-state index in [9.17, 15) is 18.4 Å². The van der Waals surface area contributed by atoms with Crippen molar-refractivity contribution in [3.63, 3.8) is 0 Å². The molecule has 0 radical (unpaired) electrons. The highest BCUT2D eigenvalue weighted by Crippen LogP contribution is 2.40. The van der Waals surface area contributed by atoms with E-state index < -0.39 is 0 Å². The van der Waals surface area contributed by atoms with Gasteiger partial charge in [-0.15, -0.1) is 0 Å². The summed E-state index contributed by atoms with van der Waals surface area (Å²) in [6.45, 7) is 2.03. The van der Waals surface area contributed by atoms with E-state index in [-0.39, 0.29) is 42.0 Å². The van der Waals surface area contributed by atoms with Crippen molar-refractivity contribution in [1.82, 2.24) is 9.88 Å². The third-order valence-electron chi connectivity index (χ3n) is 7.43. The number of esters is 1. The predicted molar refractivity (Wildman–Crippen MR) is 135 cm³/mol. The third-order valence-corrected chi connectivity index (χ3v) is 7.43. The van der Waals surface area contributed by atoms with Crippen LogP contribution in [0, 0.1) is 18.6 Å². The second-order valence-electron chi connectivity index (χ2n) is 9.49. The number of nitrogens with one attached hydrogen (secondary N) is 1. The van der Waals surface area contributed by atoms with Gasteiger partial charge >= 0.3 is 5.97 Å². The summed E-state index contributed by atoms with van der Waals surface area (Å²) in [5, 5.41) is 4.98. The van der Waals surface area contributed by atoms with Gasteiger partial charge in [0, 0.05) is 33.6 Å². The Labute approximate surface area is 208 Å². The number of aromatic nitrogens is 1. The largest absolute Gasteiger partial charge is 0.468 e. The molecule has 1 aromatic heterocycles. The zero-order valence-corrected chi connectivity index (χ0v) is 20.3. The molecule has 1 aliphatic rings. The molecular weight excluding hydrogens is 462 g/mol. The first-order valence-electron chi connectivity index (χ1n) is 12.2. The SMILES string of the molecule is COC(=O)Cn1c(C)c(C2CCC(NC(=O)c3cccc4c(F)cccc34)CC2)c2cc(F)ccc21. The van der Waals surface area contributed by atoms with Gasteiger partial charge in [-0.2, -0.15) is 0 Å². The molecule has 0 aliphatic heterocycles. The Kier molecular flexibility index (Phi) is 6.48. The molecular formula is C29H28F2N2O3. The van der Waals surface area contributed by atoms with Crippen LogP contribution < -0.4 is 5.32 Å². The fourth-order valence-electron chi connectivity index (χ4n) is 5.65. The van der Waals surface area contributed by atoms with Crippen molar-refractivity contribution < 1.29 is 23.1 Å². The summed E-state index contributed by atoms with van der Waals surface area (Å²) in [6, 6.07) is 14.5. The summed E-state index contributed by atoms with van der Waals surface area (Å²) in [7, 11) is 1.36. The fourth-order valence-corrected chi connectivity index (χ4v) is 5.65. The lowest BCUT2D eigenvalue weighted by atomic mass is 9.80. The Morgan fingerprint density at radius 3 is 2.44 bits per heavy atom. The van der Waals surface area contributed by atoms with Gasteiger partial charge < -0.3 is 14.6 Å². The number of fused-ring (bicyclic) bond motifs is 2. The first-order valence-corrected chi connectivity index (χ1v) is 12.2. The zero-order chi connectivity index (χ0) is 25.4. The van der Waals surface area contributed by atoms with E-state index in [0.717, 1.165) is 47.8 Å². The van der Waals surface area contributed by atoms with Crippen molar-refractivity contribution in [3.8, 4) is 0 Å². The molecule has 7 heteroatoms. The lowest BCUT2D eigenvalue weighted by molar-refractivity contribution is -0.141. The number of carbonyl (C=O) groups is 2. The van der Waals surface area contributed by atoms with Gasteiger partial charge in [-0.3, -0.25) is 9.59 Å². The number of ether oxygens (including phenoxy) is 1. The fraction of sp³-hybridized carbons (Fsp3) is 0.310. The Morgan fingerprint density at radius 2 is 1.69 bits per heavy atom. The van der Waals surface area contributed by atoms with Crippen LogP contribution in [-0.4, -0.2) is 29.6 Å². The molecule has 5 rings (SSSR count). The molecule has 0 bridgehead atoms. The van der Waals surface area contributed by atoms with Crippen LogP contribution in [0.2, 0.25) is 0 Å². The smallest absolute Gasteiger partial charge is 0.325 e. The molecule has 3 aromatic carbocycles. The molecule has 0 saturated heterocycles. The molecule has 0 atom stereocenters. The average Bonchev–Trinajstić information content (AvgIpc) is 3.14. The molecule has 5 nitrogen and oxygen atoms in total. The number of hydrogen-bond acceptors (Lipinski definition) is 3. The maximum Gasteiger partial charge on any atom is 0.325 e. The van der Waals surface area contributed by atoms with Gasteiger partial charge in [0.05, 0.1) is 7.11 Å². The van der Waals surface area contributed by atoms with Crippen molar-refractivity contribution in [2.24, 2.45) is 0 Å². The van der Waals surface area contributed by atoms with Crippen molar-refractivity contribution in [2.45, 2.75) is 51.1 Å². The molecule has 1 amide bonds. The molecule has 1 saturated carbocycles. The highest BCUT2D eigenvalue weighted by atomic mass is 19.1. The quantitative estimate of drug-likeness (QED) is 0.349. The Hall–Kier alpha value is -3.74. The second kappa shape index (κ2) is 9.72. The number of benzene rings is 3. The summed E-state index contributed by atoms with van der Waals surface area (Å²) in [5.41, 5.74) is 3.27. The second-order valence-corrected chi connectivity index (χ2v) is 9.49. The lowest BCUT2D eigenvalue weighted by Gasteiger charge is -2.30. The van der Waals surface area contributed by atoms with E-state index in [1.807, 2.05) is 11.5 Å². The van der Waals surface area contributed by atoms with Crippen molar-refractivity contribution >= 4 is 33.6 Å². The van der Waals surface area contributed by atoms with Crippen LogP contribution >= 0.6 is 0 Å². The van der Waals surface area contributed by atoms with E-state index >= 15 is 0 Å². The highest BCUT2D eigenvalue weighted by molar-refractivity contribution is 6.07. The number of amides is 1. The van der Waals surface area contributed by atoms with Gasteiger partial charge in [-0.1, -0.05) is 24.3 Å². The van der Waals surface area contributed by atoms with Crippen molar-refractivity contribution in [1.29, 1.82) is 0 Å². The normalized spacial score (nSPS) is 17.9. The third kappa shape index (κ3) is 4.34. The van der Waals surface area contributed by atoms with Crippen LogP contribution in [0.25, 0.3) is 21.7 Å². The summed E-state index contributed by atoms with van der Waals surface area (Å²) in [6.07, 6.45) is 3.19. The van der Waals surface area contributed by atoms with E-state index in [4.69, 9.17) is 4.74 Å². The van der Waals surface area contributed by atoms with Crippen LogP contribution in [0.1, 0.15) is 53.2 Å². The summed E-state index contributed by atoms with van der Waals surface area (Å²) >= 11 is 0. The van der Waals surface area contributed by atoms with Crippen LogP contribution in [0.3, 0.4) is 0 Å². The van der Waals surface area contributed by atoms with Crippen LogP contribution in [0.15, 0.2) is 54.6 Å². The number of rotatable bonds is 5. The molecule has 1 aliphatic carbocycles.